The standard InChI is InChI=1S/C11H16BrNO/c1-7-6-10(14-4)8(2)5-9(7)11(12)13-3/h5-6,11,13H,1-4H3. The Kier molecular flexibility index (Phi) is 3.96. The summed E-state index contributed by atoms with van der Waals surface area (Å²) in [6.07, 6.45) is 0. The molecule has 1 N–H and O–H groups in total. The second kappa shape index (κ2) is 4.80. The van der Waals surface area contributed by atoms with Gasteiger partial charge in [0.2, 0.25) is 0 Å². The molecule has 0 saturated heterocycles. The third kappa shape index (κ3) is 2.28. The number of hydrogen-bond acceptors (Lipinski definition) is 2. The predicted molar refractivity (Wildman–Crippen MR) is 63.2 cm³/mol. The molecule has 0 aliphatic heterocycles. The van der Waals surface area contributed by atoms with Crippen molar-refractivity contribution in [2.45, 2.75) is 18.8 Å². The summed E-state index contributed by atoms with van der Waals surface area (Å²) < 4.78 is 5.26. The van der Waals surface area contributed by atoms with Gasteiger partial charge in [-0.3, -0.25) is 0 Å². The topological polar surface area (TPSA) is 21.3 Å². The van der Waals surface area contributed by atoms with Crippen LogP contribution in [-0.2, 0) is 0 Å². The summed E-state index contributed by atoms with van der Waals surface area (Å²) in [5.74, 6) is 0.946. The van der Waals surface area contributed by atoms with Gasteiger partial charge in [0.15, 0.2) is 0 Å². The maximum Gasteiger partial charge on any atom is 0.122 e. The van der Waals surface area contributed by atoms with Crippen LogP contribution in [0.4, 0.5) is 0 Å². The van der Waals surface area contributed by atoms with E-state index in [2.05, 4.69) is 47.2 Å². The smallest absolute Gasteiger partial charge is 0.122 e. The van der Waals surface area contributed by atoms with Gasteiger partial charge >= 0.3 is 0 Å². The van der Waals surface area contributed by atoms with Crippen molar-refractivity contribution in [3.8, 4) is 5.75 Å². The average Bonchev–Trinajstić information content (AvgIpc) is 2.19. The molecule has 0 aromatic heterocycles. The molecule has 0 radical (unpaired) electrons. The quantitative estimate of drug-likeness (QED) is 0.664. The van der Waals surface area contributed by atoms with Crippen LogP contribution in [0.2, 0.25) is 0 Å². The van der Waals surface area contributed by atoms with Gasteiger partial charge < -0.3 is 10.1 Å². The lowest BCUT2D eigenvalue weighted by atomic mass is 10.0. The zero-order valence-electron chi connectivity index (χ0n) is 9.02. The second-order valence-electron chi connectivity index (χ2n) is 3.33. The Morgan fingerprint density at radius 1 is 1.29 bits per heavy atom. The van der Waals surface area contributed by atoms with Gasteiger partial charge in [0.25, 0.3) is 0 Å². The van der Waals surface area contributed by atoms with E-state index >= 15 is 0 Å². The van der Waals surface area contributed by atoms with Gasteiger partial charge in [0.1, 0.15) is 5.75 Å². The maximum atomic E-state index is 5.26. The minimum absolute atomic E-state index is 0.201. The van der Waals surface area contributed by atoms with Crippen molar-refractivity contribution in [2.75, 3.05) is 14.2 Å². The fraction of sp³-hybridized carbons (Fsp3) is 0.455. The molecule has 14 heavy (non-hydrogen) atoms. The highest BCUT2D eigenvalue weighted by molar-refractivity contribution is 9.09. The van der Waals surface area contributed by atoms with E-state index in [9.17, 15) is 0 Å². The van der Waals surface area contributed by atoms with E-state index in [4.69, 9.17) is 4.74 Å². The van der Waals surface area contributed by atoms with Crippen LogP contribution in [0.5, 0.6) is 5.75 Å². The Balaban J connectivity index is 3.14. The summed E-state index contributed by atoms with van der Waals surface area (Å²) in [5.41, 5.74) is 3.64. The molecule has 1 aromatic rings. The molecule has 0 amide bonds. The SMILES string of the molecule is CNC(Br)c1cc(C)c(OC)cc1C. The Hall–Kier alpha value is -0.540. The van der Waals surface area contributed by atoms with Crippen molar-refractivity contribution in [1.82, 2.24) is 5.32 Å². The second-order valence-corrected chi connectivity index (χ2v) is 4.25. The Morgan fingerprint density at radius 2 is 1.93 bits per heavy atom. The average molecular weight is 258 g/mol. The predicted octanol–water partition coefficient (Wildman–Crippen LogP) is 2.92. The largest absolute Gasteiger partial charge is 0.496 e. The molecular formula is C11H16BrNO. The van der Waals surface area contributed by atoms with Crippen molar-refractivity contribution in [2.24, 2.45) is 0 Å². The molecule has 1 rings (SSSR count). The van der Waals surface area contributed by atoms with Gasteiger partial charge in [0.05, 0.1) is 12.1 Å². The number of ether oxygens (including phenoxy) is 1. The van der Waals surface area contributed by atoms with Crippen LogP contribution in [0.3, 0.4) is 0 Å². The summed E-state index contributed by atoms with van der Waals surface area (Å²) in [6, 6.07) is 4.21. The number of nitrogens with one attached hydrogen (secondary N) is 1. The summed E-state index contributed by atoms with van der Waals surface area (Å²) in [4.78, 5) is 0.201. The molecule has 0 aliphatic carbocycles. The van der Waals surface area contributed by atoms with E-state index in [0.717, 1.165) is 11.3 Å². The molecule has 0 heterocycles. The minimum Gasteiger partial charge on any atom is -0.496 e. The van der Waals surface area contributed by atoms with E-state index in [-0.39, 0.29) is 4.95 Å². The van der Waals surface area contributed by atoms with Crippen LogP contribution in [0.1, 0.15) is 21.6 Å². The summed E-state index contributed by atoms with van der Waals surface area (Å²) >= 11 is 3.56. The molecule has 3 heteroatoms. The minimum atomic E-state index is 0.201. The Bertz CT molecular complexity index is 325. The number of aryl methyl sites for hydroxylation is 2. The lowest BCUT2D eigenvalue weighted by molar-refractivity contribution is 0.411. The highest BCUT2D eigenvalue weighted by Gasteiger charge is 2.10. The Morgan fingerprint density at radius 3 is 2.43 bits per heavy atom. The molecule has 0 bridgehead atoms. The van der Waals surface area contributed by atoms with Gasteiger partial charge in [-0.1, -0.05) is 15.9 Å². The van der Waals surface area contributed by atoms with Gasteiger partial charge in [-0.2, -0.15) is 0 Å². The summed E-state index contributed by atoms with van der Waals surface area (Å²) in [5, 5.41) is 3.16. The zero-order chi connectivity index (χ0) is 10.7. The van der Waals surface area contributed by atoms with E-state index in [1.165, 1.54) is 11.1 Å². The maximum absolute atomic E-state index is 5.26. The number of hydrogen-bond donors (Lipinski definition) is 1. The van der Waals surface area contributed by atoms with E-state index in [0.29, 0.717) is 0 Å². The third-order valence-electron chi connectivity index (χ3n) is 2.31. The van der Waals surface area contributed by atoms with Crippen molar-refractivity contribution >= 4 is 15.9 Å². The van der Waals surface area contributed by atoms with Crippen molar-refractivity contribution in [3.05, 3.63) is 28.8 Å². The van der Waals surface area contributed by atoms with E-state index in [1.54, 1.807) is 7.11 Å². The molecule has 78 valence electrons. The number of halogens is 1. The van der Waals surface area contributed by atoms with Gasteiger partial charge in [-0.15, -0.1) is 0 Å². The number of benzene rings is 1. The molecule has 2 nitrogen and oxygen atoms in total. The first-order valence-corrected chi connectivity index (χ1v) is 5.48. The molecule has 1 unspecified atom stereocenters. The molecule has 0 saturated carbocycles. The number of alkyl halides is 1. The fourth-order valence-corrected chi connectivity index (χ4v) is 1.95. The lowest BCUT2D eigenvalue weighted by Gasteiger charge is -2.15. The van der Waals surface area contributed by atoms with Crippen LogP contribution in [0, 0.1) is 13.8 Å². The highest BCUT2D eigenvalue weighted by atomic mass is 79.9. The zero-order valence-corrected chi connectivity index (χ0v) is 10.6. The molecule has 0 aliphatic rings. The fourth-order valence-electron chi connectivity index (χ4n) is 1.46. The molecular weight excluding hydrogens is 242 g/mol. The van der Waals surface area contributed by atoms with Crippen molar-refractivity contribution in [1.29, 1.82) is 0 Å². The normalized spacial score (nSPS) is 12.6. The third-order valence-corrected chi connectivity index (χ3v) is 3.26. The number of methoxy groups -OCH3 is 1. The Labute approximate surface area is 93.8 Å². The van der Waals surface area contributed by atoms with Gasteiger partial charge in [0, 0.05) is 0 Å². The lowest BCUT2D eigenvalue weighted by Crippen LogP contribution is -2.11. The first kappa shape index (κ1) is 11.5. The summed E-state index contributed by atoms with van der Waals surface area (Å²) in [7, 11) is 3.63. The highest BCUT2D eigenvalue weighted by Crippen LogP contribution is 2.28. The van der Waals surface area contributed by atoms with Crippen LogP contribution in [0.25, 0.3) is 0 Å². The van der Waals surface area contributed by atoms with Crippen LogP contribution in [0.15, 0.2) is 12.1 Å². The molecule has 0 fully saturated rings. The van der Waals surface area contributed by atoms with Crippen molar-refractivity contribution < 1.29 is 4.74 Å². The van der Waals surface area contributed by atoms with E-state index < -0.39 is 0 Å². The van der Waals surface area contributed by atoms with Gasteiger partial charge in [-0.05, 0) is 49.7 Å². The molecule has 1 atom stereocenters. The molecule has 1 aromatic carbocycles. The van der Waals surface area contributed by atoms with Crippen LogP contribution in [-0.4, -0.2) is 14.2 Å². The summed E-state index contributed by atoms with van der Waals surface area (Å²) in [6.45, 7) is 4.14. The van der Waals surface area contributed by atoms with Crippen molar-refractivity contribution in [3.63, 3.8) is 0 Å². The van der Waals surface area contributed by atoms with E-state index in [1.807, 2.05) is 7.05 Å². The first-order chi connectivity index (χ1) is 6.60. The van der Waals surface area contributed by atoms with Gasteiger partial charge in [-0.25, -0.2) is 0 Å². The van der Waals surface area contributed by atoms with Crippen LogP contribution < -0.4 is 10.1 Å². The van der Waals surface area contributed by atoms with Crippen LogP contribution >= 0.6 is 15.9 Å². The monoisotopic (exact) mass is 257 g/mol. The first-order valence-electron chi connectivity index (χ1n) is 4.56. The molecule has 0 spiro atoms. The number of rotatable bonds is 3.